The molecule has 0 bridgehead atoms. The number of benzene rings is 2. The number of carbonyl (C=O) groups excluding carboxylic acids is 1. The molecule has 4 N–H and O–H groups in total. The van der Waals surface area contributed by atoms with Crippen LogP contribution in [-0.4, -0.2) is 24.1 Å². The largest absolute Gasteiger partial charge is 0.382 e. The fraction of sp³-hybridized carbons (Fsp3) is 0.250. The minimum atomic E-state index is -0.257. The quantitative estimate of drug-likeness (QED) is 0.494. The van der Waals surface area contributed by atoms with Gasteiger partial charge < -0.3 is 21.1 Å². The number of nitrogens with one attached hydrogen (secondary N) is 2. The van der Waals surface area contributed by atoms with E-state index in [1.807, 2.05) is 31.2 Å². The van der Waals surface area contributed by atoms with Crippen molar-refractivity contribution in [3.8, 4) is 0 Å². The summed E-state index contributed by atoms with van der Waals surface area (Å²) in [4.78, 5) is 16.3. The van der Waals surface area contributed by atoms with Crippen molar-refractivity contribution in [2.75, 3.05) is 29.6 Å². The second kappa shape index (κ2) is 10.4. The number of hydrogen-bond donors (Lipinski definition) is 3. The summed E-state index contributed by atoms with van der Waals surface area (Å²) in [6.07, 6.45) is 0.804. The number of aromatic nitrogens is 1. The molecule has 0 aliphatic carbocycles. The van der Waals surface area contributed by atoms with E-state index >= 15 is 0 Å². The Labute approximate surface area is 177 Å². The van der Waals surface area contributed by atoms with E-state index in [0.717, 1.165) is 6.42 Å². The molecule has 0 spiro atoms. The second-order valence-electron chi connectivity index (χ2n) is 7.11. The van der Waals surface area contributed by atoms with Crippen LogP contribution < -0.4 is 16.4 Å². The Hall–Kier alpha value is -3.38. The lowest BCUT2D eigenvalue weighted by Crippen LogP contribution is -2.20. The Morgan fingerprint density at radius 3 is 2.47 bits per heavy atom. The first-order chi connectivity index (χ1) is 14.5. The Kier molecular flexibility index (Phi) is 7.40. The molecule has 6 nitrogen and oxygen atoms in total. The maximum Gasteiger partial charge on any atom is 0.250 e. The first-order valence-corrected chi connectivity index (χ1v) is 10.1. The molecule has 0 radical (unpaired) electrons. The summed E-state index contributed by atoms with van der Waals surface area (Å²) >= 11 is 0. The summed E-state index contributed by atoms with van der Waals surface area (Å²) < 4.78 is 5.11. The molecule has 1 aromatic heterocycles. The lowest BCUT2D eigenvalue weighted by Gasteiger charge is -2.21. The first kappa shape index (κ1) is 21.3. The highest BCUT2D eigenvalue weighted by Crippen LogP contribution is 2.26. The number of nitrogen functional groups attached to an aromatic ring is 1. The lowest BCUT2D eigenvalue weighted by molar-refractivity contribution is -0.120. The van der Waals surface area contributed by atoms with E-state index in [1.54, 1.807) is 6.07 Å². The fourth-order valence-corrected chi connectivity index (χ4v) is 3.12. The van der Waals surface area contributed by atoms with Gasteiger partial charge in [-0.2, -0.15) is 0 Å². The Balaban J connectivity index is 1.77. The predicted molar refractivity (Wildman–Crippen MR) is 121 cm³/mol. The topological polar surface area (TPSA) is 89.3 Å². The zero-order valence-electron chi connectivity index (χ0n) is 17.4. The third-order valence-electron chi connectivity index (χ3n) is 4.72. The molecule has 0 aliphatic heterocycles. The van der Waals surface area contributed by atoms with Crippen molar-refractivity contribution in [2.24, 2.45) is 0 Å². The van der Waals surface area contributed by atoms with E-state index in [-0.39, 0.29) is 24.4 Å². The number of anilines is 3. The van der Waals surface area contributed by atoms with Crippen molar-refractivity contribution >= 4 is 23.2 Å². The number of rotatable bonds is 9. The molecule has 0 saturated heterocycles. The van der Waals surface area contributed by atoms with Crippen LogP contribution in [0.25, 0.3) is 0 Å². The molecule has 6 heteroatoms. The highest BCUT2D eigenvalue weighted by molar-refractivity contribution is 5.94. The van der Waals surface area contributed by atoms with Gasteiger partial charge in [0.1, 0.15) is 18.2 Å². The average Bonchev–Trinajstić information content (AvgIpc) is 2.75. The van der Waals surface area contributed by atoms with Gasteiger partial charge in [-0.3, -0.25) is 4.79 Å². The monoisotopic (exact) mass is 404 g/mol. The second-order valence-corrected chi connectivity index (χ2v) is 7.11. The standard InChI is InChI=1S/C24H28N4O2/c1-3-30-16-23(29)27-20-13-14-22(28-24(20)25)26-21(15-18-7-5-4-6-8-18)19-11-9-17(2)10-12-19/h4-14,21H,3,15-16H2,1-2H3,(H,27,29)(H3,25,26,28). The van der Waals surface area contributed by atoms with Crippen molar-refractivity contribution in [1.29, 1.82) is 0 Å². The molecule has 0 saturated carbocycles. The van der Waals surface area contributed by atoms with Gasteiger partial charge in [0.05, 0.1) is 11.7 Å². The zero-order chi connectivity index (χ0) is 21.3. The Morgan fingerprint density at radius 1 is 1.07 bits per heavy atom. The van der Waals surface area contributed by atoms with E-state index < -0.39 is 0 Å². The van der Waals surface area contributed by atoms with Crippen LogP contribution in [0.4, 0.5) is 17.3 Å². The van der Waals surface area contributed by atoms with Crippen molar-refractivity contribution < 1.29 is 9.53 Å². The van der Waals surface area contributed by atoms with Crippen LogP contribution in [0.5, 0.6) is 0 Å². The highest BCUT2D eigenvalue weighted by Gasteiger charge is 2.14. The summed E-state index contributed by atoms with van der Waals surface area (Å²) in [5.41, 5.74) is 10.2. The number of carbonyl (C=O) groups is 1. The minimum Gasteiger partial charge on any atom is -0.382 e. The number of amides is 1. The van der Waals surface area contributed by atoms with E-state index in [4.69, 9.17) is 10.5 Å². The summed E-state index contributed by atoms with van der Waals surface area (Å²) in [5.74, 6) is 0.650. The molecule has 0 fully saturated rings. The maximum absolute atomic E-state index is 11.9. The molecule has 3 aromatic rings. The molecule has 0 aliphatic rings. The molecule has 1 unspecified atom stereocenters. The molecule has 1 atom stereocenters. The fourth-order valence-electron chi connectivity index (χ4n) is 3.12. The molecular weight excluding hydrogens is 376 g/mol. The number of nitrogens with two attached hydrogens (primary N) is 1. The van der Waals surface area contributed by atoms with E-state index in [0.29, 0.717) is 18.1 Å². The molecule has 156 valence electrons. The van der Waals surface area contributed by atoms with Crippen LogP contribution in [0.2, 0.25) is 0 Å². The highest BCUT2D eigenvalue weighted by atomic mass is 16.5. The van der Waals surface area contributed by atoms with Crippen molar-refractivity contribution in [3.05, 3.63) is 83.4 Å². The van der Waals surface area contributed by atoms with Crippen LogP contribution in [0.3, 0.4) is 0 Å². The van der Waals surface area contributed by atoms with E-state index in [9.17, 15) is 4.79 Å². The van der Waals surface area contributed by atoms with Crippen molar-refractivity contribution in [2.45, 2.75) is 26.3 Å². The zero-order valence-corrected chi connectivity index (χ0v) is 17.4. The lowest BCUT2D eigenvalue weighted by atomic mass is 9.98. The smallest absolute Gasteiger partial charge is 0.250 e. The van der Waals surface area contributed by atoms with Crippen molar-refractivity contribution in [3.63, 3.8) is 0 Å². The van der Waals surface area contributed by atoms with Crippen LogP contribution >= 0.6 is 0 Å². The number of nitrogens with zero attached hydrogens (tertiary/aromatic N) is 1. The van der Waals surface area contributed by atoms with Gasteiger partial charge in [0.15, 0.2) is 0 Å². The number of aryl methyl sites for hydroxylation is 1. The molecule has 2 aromatic carbocycles. The minimum absolute atomic E-state index is 0.0114. The Morgan fingerprint density at radius 2 is 1.80 bits per heavy atom. The Bertz CT molecular complexity index is 959. The van der Waals surface area contributed by atoms with Gasteiger partial charge >= 0.3 is 0 Å². The SMILES string of the molecule is CCOCC(=O)Nc1ccc(NC(Cc2ccccc2)c2ccc(C)cc2)nc1N. The van der Waals surface area contributed by atoms with Gasteiger partial charge in [0.25, 0.3) is 0 Å². The first-order valence-electron chi connectivity index (χ1n) is 10.1. The summed E-state index contributed by atoms with van der Waals surface area (Å²) in [6.45, 7) is 4.38. The molecule has 1 amide bonds. The summed E-state index contributed by atoms with van der Waals surface area (Å²) in [5, 5.41) is 6.21. The predicted octanol–water partition coefficient (Wildman–Crippen LogP) is 4.34. The average molecular weight is 405 g/mol. The third-order valence-corrected chi connectivity index (χ3v) is 4.72. The molecular formula is C24H28N4O2. The summed E-state index contributed by atoms with van der Waals surface area (Å²) in [7, 11) is 0. The van der Waals surface area contributed by atoms with Gasteiger partial charge in [-0.25, -0.2) is 4.98 Å². The molecule has 30 heavy (non-hydrogen) atoms. The van der Waals surface area contributed by atoms with Crippen LogP contribution in [0.15, 0.2) is 66.7 Å². The van der Waals surface area contributed by atoms with Gasteiger partial charge in [-0.05, 0) is 43.5 Å². The van der Waals surface area contributed by atoms with Gasteiger partial charge in [0, 0.05) is 6.61 Å². The molecule has 3 rings (SSSR count). The van der Waals surface area contributed by atoms with Crippen molar-refractivity contribution in [1.82, 2.24) is 4.98 Å². The summed E-state index contributed by atoms with van der Waals surface area (Å²) in [6, 6.07) is 22.4. The molecule has 1 heterocycles. The van der Waals surface area contributed by atoms with E-state index in [1.165, 1.54) is 16.7 Å². The normalized spacial score (nSPS) is 11.7. The van der Waals surface area contributed by atoms with E-state index in [2.05, 4.69) is 58.9 Å². The number of hydrogen-bond acceptors (Lipinski definition) is 5. The van der Waals surface area contributed by atoms with Crippen LogP contribution in [0.1, 0.15) is 29.7 Å². The van der Waals surface area contributed by atoms with Gasteiger partial charge in [-0.1, -0.05) is 60.2 Å². The third kappa shape index (κ3) is 6.06. The number of pyridine rings is 1. The van der Waals surface area contributed by atoms with Gasteiger partial charge in [-0.15, -0.1) is 0 Å². The van der Waals surface area contributed by atoms with Crippen LogP contribution in [0, 0.1) is 6.92 Å². The maximum atomic E-state index is 11.9. The van der Waals surface area contributed by atoms with Gasteiger partial charge in [0.2, 0.25) is 5.91 Å². The number of ether oxygens (including phenoxy) is 1. The van der Waals surface area contributed by atoms with Crippen LogP contribution in [-0.2, 0) is 16.0 Å².